The van der Waals surface area contributed by atoms with Gasteiger partial charge in [0.25, 0.3) is 0 Å². The predicted molar refractivity (Wildman–Crippen MR) is 103 cm³/mol. The number of hydrogen-bond donors (Lipinski definition) is 1. The minimum Gasteiger partial charge on any atom is -0.314 e. The summed E-state index contributed by atoms with van der Waals surface area (Å²) in [6.07, 6.45) is 1.30. The summed E-state index contributed by atoms with van der Waals surface area (Å²) in [7, 11) is 0. The first-order valence-corrected chi connectivity index (χ1v) is 9.43. The summed E-state index contributed by atoms with van der Waals surface area (Å²) >= 11 is 1.79. The Hall–Kier alpha value is -0.980. The second kappa shape index (κ2) is 8.41. The molecule has 24 heavy (non-hydrogen) atoms. The van der Waals surface area contributed by atoms with Gasteiger partial charge in [-0.3, -0.25) is 9.80 Å². The first-order chi connectivity index (χ1) is 11.4. The van der Waals surface area contributed by atoms with E-state index >= 15 is 0 Å². The third-order valence-electron chi connectivity index (χ3n) is 4.90. The molecule has 1 unspecified atom stereocenters. The fourth-order valence-corrected chi connectivity index (χ4v) is 4.46. The van der Waals surface area contributed by atoms with E-state index in [0.717, 1.165) is 31.4 Å². The molecule has 4 rings (SSSR count). The lowest BCUT2D eigenvalue weighted by Crippen LogP contribution is -2.49. The first kappa shape index (κ1) is 17.8. The molecule has 0 amide bonds. The molecule has 2 saturated heterocycles. The van der Waals surface area contributed by atoms with Crippen LogP contribution in [0.4, 0.5) is 0 Å². The Kier molecular flexibility index (Phi) is 6.25. The van der Waals surface area contributed by atoms with Crippen LogP contribution in [-0.4, -0.2) is 60.1 Å². The predicted octanol–water partition coefficient (Wildman–Crippen LogP) is 2.71. The molecule has 0 bridgehead atoms. The van der Waals surface area contributed by atoms with Crippen molar-refractivity contribution in [2.24, 2.45) is 0 Å². The lowest BCUT2D eigenvalue weighted by molar-refractivity contribution is 0.170. The summed E-state index contributed by atoms with van der Waals surface area (Å²) in [5.74, 6) is 0. The highest BCUT2D eigenvalue weighted by molar-refractivity contribution is 7.09. The number of nitrogens with one attached hydrogen (secondary N) is 1. The van der Waals surface area contributed by atoms with Gasteiger partial charge in [0.2, 0.25) is 0 Å². The van der Waals surface area contributed by atoms with Crippen molar-refractivity contribution in [2.75, 3.05) is 39.3 Å². The molecule has 1 atom stereocenters. The average molecular weight is 365 g/mol. The van der Waals surface area contributed by atoms with Crippen molar-refractivity contribution in [3.8, 4) is 11.3 Å². The molecule has 3 heterocycles. The highest BCUT2D eigenvalue weighted by atomic mass is 35.5. The minimum atomic E-state index is 0. The van der Waals surface area contributed by atoms with Crippen molar-refractivity contribution in [2.45, 2.75) is 19.0 Å². The number of thiazole rings is 1. The Morgan fingerprint density at radius 1 is 1.12 bits per heavy atom. The number of rotatable bonds is 4. The SMILES string of the molecule is Cl.c1ccc(-c2csc(CN3CCC(N4CCNCC4)C3)n2)cc1. The van der Waals surface area contributed by atoms with Crippen LogP contribution in [0.1, 0.15) is 11.4 Å². The molecular formula is C18H25ClN4S. The fraction of sp³-hybridized carbons (Fsp3) is 0.500. The van der Waals surface area contributed by atoms with Crippen molar-refractivity contribution < 1.29 is 0 Å². The molecule has 4 nitrogen and oxygen atoms in total. The van der Waals surface area contributed by atoms with E-state index in [1.165, 1.54) is 43.2 Å². The Labute approximate surface area is 154 Å². The monoisotopic (exact) mass is 364 g/mol. The van der Waals surface area contributed by atoms with Crippen molar-refractivity contribution in [1.29, 1.82) is 0 Å². The number of benzene rings is 1. The zero-order chi connectivity index (χ0) is 15.5. The van der Waals surface area contributed by atoms with E-state index in [0.29, 0.717) is 0 Å². The molecule has 2 fully saturated rings. The standard InChI is InChI=1S/C18H24N4S.ClH/c1-2-4-15(5-3-1)17-14-23-18(20-17)13-21-9-6-16(12-21)22-10-7-19-8-11-22;/h1-5,14,16,19H,6-13H2;1H. The number of aromatic nitrogens is 1. The topological polar surface area (TPSA) is 31.4 Å². The molecule has 130 valence electrons. The van der Waals surface area contributed by atoms with Gasteiger partial charge in [0.1, 0.15) is 5.01 Å². The number of halogens is 1. The number of nitrogens with zero attached hydrogens (tertiary/aromatic N) is 3. The molecule has 0 saturated carbocycles. The molecule has 6 heteroatoms. The molecular weight excluding hydrogens is 340 g/mol. The summed E-state index contributed by atoms with van der Waals surface area (Å²) in [4.78, 5) is 10.1. The molecule has 2 aliphatic heterocycles. The van der Waals surface area contributed by atoms with Crippen LogP contribution in [0, 0.1) is 0 Å². The summed E-state index contributed by atoms with van der Waals surface area (Å²) in [5, 5.41) is 6.87. The van der Waals surface area contributed by atoms with E-state index in [4.69, 9.17) is 4.98 Å². The maximum absolute atomic E-state index is 4.83. The first-order valence-electron chi connectivity index (χ1n) is 8.55. The van der Waals surface area contributed by atoms with Gasteiger partial charge in [0.05, 0.1) is 12.2 Å². The van der Waals surface area contributed by atoms with Crippen molar-refractivity contribution in [3.63, 3.8) is 0 Å². The zero-order valence-corrected chi connectivity index (χ0v) is 15.5. The van der Waals surface area contributed by atoms with Gasteiger partial charge in [0.15, 0.2) is 0 Å². The van der Waals surface area contributed by atoms with Crippen LogP contribution in [0.3, 0.4) is 0 Å². The lowest BCUT2D eigenvalue weighted by atomic mass is 10.2. The van der Waals surface area contributed by atoms with Gasteiger partial charge in [0, 0.05) is 56.3 Å². The van der Waals surface area contributed by atoms with E-state index in [2.05, 4.69) is 50.8 Å². The molecule has 2 aromatic rings. The molecule has 0 aliphatic carbocycles. The van der Waals surface area contributed by atoms with Crippen LogP contribution in [0.5, 0.6) is 0 Å². The van der Waals surface area contributed by atoms with E-state index in [1.54, 1.807) is 11.3 Å². The van der Waals surface area contributed by atoms with Crippen molar-refractivity contribution >= 4 is 23.7 Å². The Morgan fingerprint density at radius 2 is 1.92 bits per heavy atom. The van der Waals surface area contributed by atoms with Gasteiger partial charge in [-0.05, 0) is 6.42 Å². The molecule has 1 aromatic carbocycles. The van der Waals surface area contributed by atoms with Gasteiger partial charge < -0.3 is 5.32 Å². The van der Waals surface area contributed by atoms with E-state index in [9.17, 15) is 0 Å². The van der Waals surface area contributed by atoms with Crippen molar-refractivity contribution in [1.82, 2.24) is 20.1 Å². The third-order valence-corrected chi connectivity index (χ3v) is 5.73. The average Bonchev–Trinajstić information content (AvgIpc) is 3.27. The summed E-state index contributed by atoms with van der Waals surface area (Å²) in [6, 6.07) is 11.2. The van der Waals surface area contributed by atoms with Crippen molar-refractivity contribution in [3.05, 3.63) is 40.7 Å². The lowest BCUT2D eigenvalue weighted by Gasteiger charge is -2.32. The number of hydrogen-bond acceptors (Lipinski definition) is 5. The van der Waals surface area contributed by atoms with Gasteiger partial charge >= 0.3 is 0 Å². The Balaban J connectivity index is 0.00000169. The molecule has 1 aromatic heterocycles. The number of likely N-dealkylation sites (tertiary alicyclic amines) is 1. The highest BCUT2D eigenvalue weighted by Crippen LogP contribution is 2.24. The normalized spacial score (nSPS) is 22.4. The second-order valence-electron chi connectivity index (χ2n) is 6.46. The molecule has 0 radical (unpaired) electrons. The fourth-order valence-electron chi connectivity index (χ4n) is 3.62. The molecule has 2 aliphatic rings. The van der Waals surface area contributed by atoms with Gasteiger partial charge in [-0.1, -0.05) is 30.3 Å². The van der Waals surface area contributed by atoms with Crippen LogP contribution < -0.4 is 5.32 Å². The summed E-state index contributed by atoms with van der Waals surface area (Å²) in [6.45, 7) is 8.09. The maximum Gasteiger partial charge on any atom is 0.107 e. The van der Waals surface area contributed by atoms with Crippen LogP contribution >= 0.6 is 23.7 Å². The van der Waals surface area contributed by atoms with Crippen LogP contribution in [0.15, 0.2) is 35.7 Å². The smallest absolute Gasteiger partial charge is 0.107 e. The summed E-state index contributed by atoms with van der Waals surface area (Å²) in [5.41, 5.74) is 2.33. The van der Waals surface area contributed by atoms with Gasteiger partial charge in [-0.2, -0.15) is 0 Å². The quantitative estimate of drug-likeness (QED) is 0.903. The van der Waals surface area contributed by atoms with Crippen LogP contribution in [0.2, 0.25) is 0 Å². The van der Waals surface area contributed by atoms with E-state index in [-0.39, 0.29) is 12.4 Å². The Bertz CT molecular complexity index is 627. The second-order valence-corrected chi connectivity index (χ2v) is 7.40. The van der Waals surface area contributed by atoms with E-state index in [1.807, 2.05) is 0 Å². The van der Waals surface area contributed by atoms with E-state index < -0.39 is 0 Å². The van der Waals surface area contributed by atoms with Gasteiger partial charge in [-0.15, -0.1) is 23.7 Å². The number of piperazine rings is 1. The summed E-state index contributed by atoms with van der Waals surface area (Å²) < 4.78 is 0. The van der Waals surface area contributed by atoms with Gasteiger partial charge in [-0.25, -0.2) is 4.98 Å². The molecule has 0 spiro atoms. The zero-order valence-electron chi connectivity index (χ0n) is 13.9. The molecule has 1 N–H and O–H groups in total. The third kappa shape index (κ3) is 4.16. The largest absolute Gasteiger partial charge is 0.314 e. The highest BCUT2D eigenvalue weighted by Gasteiger charge is 2.28. The van der Waals surface area contributed by atoms with Crippen LogP contribution in [0.25, 0.3) is 11.3 Å². The Morgan fingerprint density at radius 3 is 2.71 bits per heavy atom. The minimum absolute atomic E-state index is 0. The van der Waals surface area contributed by atoms with Crippen LogP contribution in [-0.2, 0) is 6.54 Å². The maximum atomic E-state index is 4.83.